The zero-order chi connectivity index (χ0) is 25.1. The fourth-order valence-electron chi connectivity index (χ4n) is 5.70. The number of hydrogen-bond donors (Lipinski definition) is 2. The van der Waals surface area contributed by atoms with Crippen LogP contribution in [-0.2, 0) is 19.9 Å². The Morgan fingerprint density at radius 3 is 2.63 bits per heavy atom. The number of nitro benzene ring substituents is 1. The Morgan fingerprint density at radius 1 is 1.20 bits per heavy atom. The zero-order valence-electron chi connectivity index (χ0n) is 19.4. The average Bonchev–Trinajstić information content (AvgIpc) is 3.42. The summed E-state index contributed by atoms with van der Waals surface area (Å²) >= 11 is 1.62. The van der Waals surface area contributed by atoms with E-state index >= 15 is 0 Å². The second kappa shape index (κ2) is 8.35. The van der Waals surface area contributed by atoms with Crippen LogP contribution in [-0.4, -0.2) is 47.8 Å². The van der Waals surface area contributed by atoms with E-state index in [1.807, 2.05) is 6.26 Å². The van der Waals surface area contributed by atoms with Crippen LogP contribution in [0.25, 0.3) is 0 Å². The third-order valence-corrected chi connectivity index (χ3v) is 7.83. The Bertz CT molecular complexity index is 1280. The minimum Gasteiger partial charge on any atom is -0.490 e. The van der Waals surface area contributed by atoms with Crippen molar-refractivity contribution in [1.82, 2.24) is 5.32 Å². The maximum Gasteiger partial charge on any atom is 0.311 e. The summed E-state index contributed by atoms with van der Waals surface area (Å²) in [7, 11) is 1.29. The quantitative estimate of drug-likeness (QED) is 0.355. The SMILES string of the molecule is COc1cc(N2C(=O)[C@@H]3[C@H](CCSC)N[C@]4(C(=O)Nc5ccccc54)[C@H]3C2=O)c(C)cc1[N+](=O)[O-]. The number of carbonyl (C=O) groups is 3. The van der Waals surface area contributed by atoms with Crippen molar-refractivity contribution in [2.45, 2.75) is 24.9 Å². The van der Waals surface area contributed by atoms with Crippen molar-refractivity contribution in [1.29, 1.82) is 0 Å². The fourth-order valence-corrected chi connectivity index (χ4v) is 6.19. The first-order valence-electron chi connectivity index (χ1n) is 11.1. The normalized spacial score (nSPS) is 26.8. The Labute approximate surface area is 205 Å². The summed E-state index contributed by atoms with van der Waals surface area (Å²) in [5.74, 6) is -2.31. The lowest BCUT2D eigenvalue weighted by molar-refractivity contribution is -0.385. The number of aryl methyl sites for hydroxylation is 1. The first-order valence-corrected chi connectivity index (χ1v) is 12.5. The molecule has 0 radical (unpaired) electrons. The van der Waals surface area contributed by atoms with Crippen LogP contribution in [0.4, 0.5) is 17.1 Å². The monoisotopic (exact) mass is 496 g/mol. The summed E-state index contributed by atoms with van der Waals surface area (Å²) in [6.45, 7) is 1.60. The van der Waals surface area contributed by atoms with Gasteiger partial charge in [0.25, 0.3) is 0 Å². The molecule has 1 spiro atoms. The molecule has 2 fully saturated rings. The number of nitrogens with zero attached hydrogens (tertiary/aromatic N) is 2. The second-order valence-corrected chi connectivity index (χ2v) is 9.91. The van der Waals surface area contributed by atoms with Gasteiger partial charge in [-0.25, -0.2) is 4.90 Å². The van der Waals surface area contributed by atoms with E-state index in [-0.39, 0.29) is 23.0 Å². The maximum absolute atomic E-state index is 14.0. The van der Waals surface area contributed by atoms with E-state index in [9.17, 15) is 24.5 Å². The number of fused-ring (bicyclic) bond motifs is 4. The number of imide groups is 1. The van der Waals surface area contributed by atoms with Crippen molar-refractivity contribution >= 4 is 46.5 Å². The van der Waals surface area contributed by atoms with Crippen LogP contribution in [0.1, 0.15) is 17.5 Å². The van der Waals surface area contributed by atoms with E-state index in [2.05, 4.69) is 10.6 Å². The van der Waals surface area contributed by atoms with Gasteiger partial charge in [-0.05, 0) is 37.0 Å². The number of amides is 3. The molecular formula is C24H24N4O6S. The first-order chi connectivity index (χ1) is 16.8. The van der Waals surface area contributed by atoms with Crippen molar-refractivity contribution in [3.8, 4) is 5.75 Å². The lowest BCUT2D eigenvalue weighted by Gasteiger charge is -2.30. The van der Waals surface area contributed by atoms with Crippen LogP contribution < -0.4 is 20.3 Å². The van der Waals surface area contributed by atoms with Gasteiger partial charge in [-0.3, -0.25) is 29.8 Å². The summed E-state index contributed by atoms with van der Waals surface area (Å²) in [4.78, 5) is 53.3. The number of nitro groups is 1. The second-order valence-electron chi connectivity index (χ2n) is 8.92. The predicted molar refractivity (Wildman–Crippen MR) is 131 cm³/mol. The van der Waals surface area contributed by atoms with Gasteiger partial charge < -0.3 is 10.1 Å². The Balaban J connectivity index is 1.66. The largest absolute Gasteiger partial charge is 0.490 e. The summed E-state index contributed by atoms with van der Waals surface area (Å²) < 4.78 is 5.19. The number of carbonyl (C=O) groups excluding carboxylic acids is 3. The molecule has 0 aliphatic carbocycles. The zero-order valence-corrected chi connectivity index (χ0v) is 20.2. The van der Waals surface area contributed by atoms with Crippen molar-refractivity contribution in [2.24, 2.45) is 11.8 Å². The number of hydrogen-bond acceptors (Lipinski definition) is 8. The molecule has 0 unspecified atom stereocenters. The molecule has 35 heavy (non-hydrogen) atoms. The lowest BCUT2D eigenvalue weighted by Crippen LogP contribution is -2.53. The van der Waals surface area contributed by atoms with Gasteiger partial charge in [0.05, 0.1) is 29.6 Å². The Morgan fingerprint density at radius 2 is 1.94 bits per heavy atom. The van der Waals surface area contributed by atoms with Crippen molar-refractivity contribution < 1.29 is 24.0 Å². The number of methoxy groups -OCH3 is 1. The molecule has 3 aliphatic rings. The van der Waals surface area contributed by atoms with Crippen LogP contribution in [0.3, 0.4) is 0 Å². The van der Waals surface area contributed by atoms with Gasteiger partial charge in [0.2, 0.25) is 17.7 Å². The molecule has 5 rings (SSSR count). The molecule has 3 aliphatic heterocycles. The standard InChI is InChI=1S/C24H24N4O6S/c1-12-10-17(28(32)33)18(34-2)11-16(12)27-21(29)19-15(8-9-35-3)26-24(20(19)22(27)30)13-6-4-5-7-14(13)25-23(24)31/h4-7,10-11,15,19-20,26H,8-9H2,1-3H3,(H,25,31)/t15-,19+,20+,24-/m0/s1. The predicted octanol–water partition coefficient (Wildman–Crippen LogP) is 2.59. The highest BCUT2D eigenvalue weighted by molar-refractivity contribution is 7.98. The third-order valence-electron chi connectivity index (χ3n) is 7.19. The van der Waals surface area contributed by atoms with Gasteiger partial charge in [0.1, 0.15) is 5.54 Å². The first kappa shape index (κ1) is 23.3. The number of nitrogens with one attached hydrogen (secondary N) is 2. The number of anilines is 2. The average molecular weight is 497 g/mol. The van der Waals surface area contributed by atoms with Crippen molar-refractivity contribution in [2.75, 3.05) is 29.3 Å². The highest BCUT2D eigenvalue weighted by Gasteiger charge is 2.70. The highest BCUT2D eigenvalue weighted by Crippen LogP contribution is 2.54. The summed E-state index contributed by atoms with van der Waals surface area (Å²) in [6.07, 6.45) is 2.55. The molecule has 3 heterocycles. The number of thioether (sulfide) groups is 1. The van der Waals surface area contributed by atoms with Crippen LogP contribution >= 0.6 is 11.8 Å². The maximum atomic E-state index is 14.0. The Kier molecular flexibility index (Phi) is 5.56. The smallest absolute Gasteiger partial charge is 0.311 e. The highest BCUT2D eigenvalue weighted by atomic mass is 32.2. The molecule has 2 aromatic carbocycles. The molecule has 4 atom stereocenters. The van der Waals surface area contributed by atoms with Crippen LogP contribution in [0, 0.1) is 28.9 Å². The van der Waals surface area contributed by atoms with Crippen LogP contribution in [0.15, 0.2) is 36.4 Å². The van der Waals surface area contributed by atoms with Gasteiger partial charge >= 0.3 is 5.69 Å². The molecule has 2 saturated heterocycles. The van der Waals surface area contributed by atoms with E-state index in [1.54, 1.807) is 43.0 Å². The van der Waals surface area contributed by atoms with E-state index in [0.717, 1.165) is 10.7 Å². The van der Waals surface area contributed by atoms with Gasteiger partial charge in [-0.2, -0.15) is 11.8 Å². The van der Waals surface area contributed by atoms with Gasteiger partial charge in [0, 0.05) is 29.4 Å². The number of ether oxygens (including phenoxy) is 1. The summed E-state index contributed by atoms with van der Waals surface area (Å²) in [6, 6.07) is 9.43. The van der Waals surface area contributed by atoms with E-state index in [1.165, 1.54) is 19.2 Å². The molecule has 2 aromatic rings. The van der Waals surface area contributed by atoms with Crippen LogP contribution in [0.2, 0.25) is 0 Å². The summed E-state index contributed by atoms with van der Waals surface area (Å²) in [5.41, 5.74) is 0.243. The van der Waals surface area contributed by atoms with Crippen molar-refractivity contribution in [3.05, 3.63) is 57.6 Å². The van der Waals surface area contributed by atoms with E-state index in [0.29, 0.717) is 23.2 Å². The third kappa shape index (κ3) is 3.18. The molecule has 3 amide bonds. The summed E-state index contributed by atoms with van der Waals surface area (Å²) in [5, 5.41) is 17.7. The molecule has 0 aromatic heterocycles. The van der Waals surface area contributed by atoms with E-state index < -0.39 is 40.2 Å². The Hall–Kier alpha value is -3.44. The van der Waals surface area contributed by atoms with Gasteiger partial charge in [-0.15, -0.1) is 0 Å². The molecule has 10 nitrogen and oxygen atoms in total. The molecule has 182 valence electrons. The van der Waals surface area contributed by atoms with E-state index in [4.69, 9.17) is 4.74 Å². The molecule has 2 N–H and O–H groups in total. The molecule has 11 heteroatoms. The minimum absolute atomic E-state index is 0.0519. The molecule has 0 bridgehead atoms. The number of para-hydroxylation sites is 1. The van der Waals surface area contributed by atoms with Gasteiger partial charge in [0.15, 0.2) is 5.75 Å². The number of benzene rings is 2. The molecular weight excluding hydrogens is 472 g/mol. The molecule has 0 saturated carbocycles. The lowest BCUT2D eigenvalue weighted by atomic mass is 9.76. The van der Waals surface area contributed by atoms with Crippen LogP contribution in [0.5, 0.6) is 5.75 Å². The minimum atomic E-state index is -1.37. The van der Waals surface area contributed by atoms with Crippen molar-refractivity contribution in [3.63, 3.8) is 0 Å². The van der Waals surface area contributed by atoms with Gasteiger partial charge in [-0.1, -0.05) is 18.2 Å². The topological polar surface area (TPSA) is 131 Å². The fraction of sp³-hybridized carbons (Fsp3) is 0.375. The number of rotatable bonds is 6.